The van der Waals surface area contributed by atoms with Crippen molar-refractivity contribution in [2.24, 2.45) is 0 Å². The normalized spacial score (nSPS) is 11.9. The number of hydrogen-bond acceptors (Lipinski definition) is 7. The topological polar surface area (TPSA) is 148 Å². The maximum absolute atomic E-state index is 12.8. The van der Waals surface area contributed by atoms with Crippen LogP contribution >= 0.6 is 0 Å². The molecule has 33 heavy (non-hydrogen) atoms. The third-order valence-corrected chi connectivity index (χ3v) is 5.89. The molecule has 0 aliphatic rings. The summed E-state index contributed by atoms with van der Waals surface area (Å²) in [4.78, 5) is 35.8. The summed E-state index contributed by atoms with van der Waals surface area (Å²) in [6.07, 6.45) is 1.58. The van der Waals surface area contributed by atoms with Gasteiger partial charge in [0.15, 0.2) is 0 Å². The molecule has 2 amide bonds. The average Bonchev–Trinajstić information content (AvgIpc) is 2.76. The lowest BCUT2D eigenvalue weighted by Crippen LogP contribution is -2.38. The second kappa shape index (κ2) is 10.8. The number of nitro benzene ring substituents is 1. The number of para-hydroxylation sites is 1. The molecule has 0 aliphatic carbocycles. The first-order chi connectivity index (χ1) is 15.5. The molecule has 2 aromatic carbocycles. The molecule has 2 rings (SSSR count). The van der Waals surface area contributed by atoms with Gasteiger partial charge in [0.25, 0.3) is 11.6 Å². The molecule has 0 radical (unpaired) electrons. The van der Waals surface area contributed by atoms with E-state index >= 15 is 0 Å². The van der Waals surface area contributed by atoms with Gasteiger partial charge in [-0.3, -0.25) is 24.0 Å². The van der Waals surface area contributed by atoms with Gasteiger partial charge in [0.05, 0.1) is 29.5 Å². The van der Waals surface area contributed by atoms with Crippen molar-refractivity contribution >= 4 is 38.9 Å². The number of nitro groups is 1. The minimum absolute atomic E-state index is 0.0344. The van der Waals surface area contributed by atoms with Crippen molar-refractivity contribution in [1.29, 1.82) is 0 Å². The molecule has 0 heterocycles. The highest BCUT2D eigenvalue weighted by molar-refractivity contribution is 7.92. The highest BCUT2D eigenvalue weighted by Gasteiger charge is 2.27. The predicted molar refractivity (Wildman–Crippen MR) is 124 cm³/mol. The molecule has 11 nitrogen and oxygen atoms in total. The number of sulfonamides is 1. The molecule has 2 N–H and O–H groups in total. The van der Waals surface area contributed by atoms with Gasteiger partial charge in [0, 0.05) is 18.2 Å². The summed E-state index contributed by atoms with van der Waals surface area (Å²) >= 11 is 0. The van der Waals surface area contributed by atoms with Crippen LogP contribution in [0.15, 0.2) is 42.5 Å². The SMILES string of the molecule is CC[C@H](C)NC(=O)c1ccccc1NC(=O)CN(c1cc([N+](=O)[O-])ccc1OC)S(C)(=O)=O. The maximum Gasteiger partial charge on any atom is 0.271 e. The molecule has 0 fully saturated rings. The van der Waals surface area contributed by atoms with Gasteiger partial charge < -0.3 is 15.4 Å². The largest absolute Gasteiger partial charge is 0.495 e. The lowest BCUT2D eigenvalue weighted by atomic mass is 10.1. The Bertz CT molecular complexity index is 1150. The third kappa shape index (κ3) is 6.65. The Kier molecular flexibility index (Phi) is 8.35. The highest BCUT2D eigenvalue weighted by Crippen LogP contribution is 2.33. The number of amides is 2. The van der Waals surface area contributed by atoms with Crippen LogP contribution in [0.3, 0.4) is 0 Å². The van der Waals surface area contributed by atoms with Crippen LogP contribution in [0, 0.1) is 10.1 Å². The number of non-ortho nitro benzene ring substituents is 1. The van der Waals surface area contributed by atoms with E-state index in [-0.39, 0.29) is 40.3 Å². The second-order valence-electron chi connectivity index (χ2n) is 7.26. The lowest BCUT2D eigenvalue weighted by Gasteiger charge is -2.24. The van der Waals surface area contributed by atoms with Crippen molar-refractivity contribution in [2.75, 3.05) is 29.5 Å². The Morgan fingerprint density at radius 1 is 1.21 bits per heavy atom. The first-order valence-electron chi connectivity index (χ1n) is 9.97. The number of carbonyl (C=O) groups excluding carboxylic acids is 2. The summed E-state index contributed by atoms with van der Waals surface area (Å²) < 4.78 is 30.8. The van der Waals surface area contributed by atoms with Crippen LogP contribution in [-0.4, -0.2) is 51.1 Å². The van der Waals surface area contributed by atoms with Crippen molar-refractivity contribution < 1.29 is 27.7 Å². The summed E-state index contributed by atoms with van der Waals surface area (Å²) in [5, 5.41) is 16.5. The van der Waals surface area contributed by atoms with Gasteiger partial charge in [-0.25, -0.2) is 8.42 Å². The van der Waals surface area contributed by atoms with Crippen molar-refractivity contribution in [1.82, 2.24) is 5.32 Å². The van der Waals surface area contributed by atoms with Gasteiger partial charge >= 0.3 is 0 Å². The van der Waals surface area contributed by atoms with Crippen molar-refractivity contribution in [3.8, 4) is 5.75 Å². The second-order valence-corrected chi connectivity index (χ2v) is 9.17. The monoisotopic (exact) mass is 478 g/mol. The molecule has 0 bridgehead atoms. The summed E-state index contributed by atoms with van der Waals surface area (Å²) in [5.41, 5.74) is -0.119. The van der Waals surface area contributed by atoms with Gasteiger partial charge in [0.1, 0.15) is 18.0 Å². The molecule has 0 spiro atoms. The fourth-order valence-electron chi connectivity index (χ4n) is 2.88. The minimum atomic E-state index is -4.04. The van der Waals surface area contributed by atoms with E-state index in [0.29, 0.717) is 10.7 Å². The zero-order valence-electron chi connectivity index (χ0n) is 18.7. The smallest absolute Gasteiger partial charge is 0.271 e. The van der Waals surface area contributed by atoms with E-state index in [4.69, 9.17) is 4.74 Å². The van der Waals surface area contributed by atoms with Crippen LogP contribution < -0.4 is 19.7 Å². The van der Waals surface area contributed by atoms with E-state index in [2.05, 4.69) is 10.6 Å². The first kappa shape index (κ1) is 25.6. The predicted octanol–water partition coefficient (Wildman–Crippen LogP) is 2.54. The van der Waals surface area contributed by atoms with Crippen molar-refractivity contribution in [3.05, 3.63) is 58.1 Å². The number of nitrogens with one attached hydrogen (secondary N) is 2. The zero-order valence-corrected chi connectivity index (χ0v) is 19.5. The number of carbonyl (C=O) groups is 2. The number of hydrogen-bond donors (Lipinski definition) is 2. The Labute approximate surface area is 191 Å². The lowest BCUT2D eigenvalue weighted by molar-refractivity contribution is -0.384. The van der Waals surface area contributed by atoms with Gasteiger partial charge in [-0.1, -0.05) is 19.1 Å². The summed E-state index contributed by atoms with van der Waals surface area (Å²) in [7, 11) is -2.76. The molecule has 0 saturated heterocycles. The molecule has 0 aliphatic heterocycles. The minimum Gasteiger partial charge on any atom is -0.495 e. The molecule has 178 valence electrons. The van der Waals surface area contributed by atoms with Crippen molar-refractivity contribution in [3.63, 3.8) is 0 Å². The Morgan fingerprint density at radius 2 is 1.88 bits per heavy atom. The maximum atomic E-state index is 12.8. The van der Waals surface area contributed by atoms with E-state index in [1.807, 2.05) is 13.8 Å². The summed E-state index contributed by atoms with van der Waals surface area (Å²) in [6, 6.07) is 9.65. The number of ether oxygens (including phenoxy) is 1. The average molecular weight is 479 g/mol. The number of methoxy groups -OCH3 is 1. The Hall–Kier alpha value is -3.67. The fourth-order valence-corrected chi connectivity index (χ4v) is 3.73. The number of nitrogens with zero attached hydrogens (tertiary/aromatic N) is 2. The molecule has 0 saturated carbocycles. The van der Waals surface area contributed by atoms with E-state index < -0.39 is 27.4 Å². The third-order valence-electron chi connectivity index (χ3n) is 4.77. The van der Waals surface area contributed by atoms with Crippen LogP contribution in [0.25, 0.3) is 0 Å². The molecular formula is C21H26N4O7S. The Balaban J connectivity index is 2.36. The standard InChI is InChI=1S/C21H26N4O7S/c1-5-14(2)22-21(27)16-8-6-7-9-17(16)23-20(26)13-24(33(4,30)31)18-12-15(25(28)29)10-11-19(18)32-3/h6-12,14H,5,13H2,1-4H3,(H,22,27)(H,23,26)/t14-/m0/s1. The molecule has 1 atom stereocenters. The molecule has 0 aromatic heterocycles. The molecule has 0 unspecified atom stereocenters. The fraction of sp³-hybridized carbons (Fsp3) is 0.333. The van der Waals surface area contributed by atoms with E-state index in [0.717, 1.165) is 18.4 Å². The highest BCUT2D eigenvalue weighted by atomic mass is 32.2. The summed E-state index contributed by atoms with van der Waals surface area (Å²) in [6.45, 7) is 3.06. The van der Waals surface area contributed by atoms with E-state index in [1.165, 1.54) is 25.3 Å². The summed E-state index contributed by atoms with van der Waals surface area (Å²) in [5.74, 6) is -1.11. The number of anilines is 2. The van der Waals surface area contributed by atoms with Crippen LogP contribution in [0.1, 0.15) is 30.6 Å². The van der Waals surface area contributed by atoms with Gasteiger partial charge in [-0.05, 0) is 31.5 Å². The first-order valence-corrected chi connectivity index (χ1v) is 11.8. The zero-order chi connectivity index (χ0) is 24.8. The molecule has 2 aromatic rings. The van der Waals surface area contributed by atoms with E-state index in [9.17, 15) is 28.1 Å². The van der Waals surface area contributed by atoms with Gasteiger partial charge in [-0.15, -0.1) is 0 Å². The van der Waals surface area contributed by atoms with E-state index in [1.54, 1.807) is 12.1 Å². The van der Waals surface area contributed by atoms with Crippen LogP contribution in [0.5, 0.6) is 5.75 Å². The van der Waals surface area contributed by atoms with Gasteiger partial charge in [-0.2, -0.15) is 0 Å². The number of benzene rings is 2. The Morgan fingerprint density at radius 3 is 2.45 bits per heavy atom. The van der Waals surface area contributed by atoms with Crippen molar-refractivity contribution in [2.45, 2.75) is 26.3 Å². The molecular weight excluding hydrogens is 452 g/mol. The quantitative estimate of drug-likeness (QED) is 0.394. The molecule has 12 heteroatoms. The van der Waals surface area contributed by atoms with Crippen LogP contribution in [0.2, 0.25) is 0 Å². The van der Waals surface area contributed by atoms with Gasteiger partial charge in [0.2, 0.25) is 15.9 Å². The van der Waals surface area contributed by atoms with Crippen LogP contribution in [0.4, 0.5) is 17.1 Å². The van der Waals surface area contributed by atoms with Crippen LogP contribution in [-0.2, 0) is 14.8 Å². The number of rotatable bonds is 10.